The number of thiocarbonyl (C=S) groups is 1. The molecule has 1 saturated heterocycles. The number of nitrogens with zero attached hydrogens (tertiary/aromatic N) is 1. The Hall–Kier alpha value is -0.800. The lowest BCUT2D eigenvalue weighted by atomic mass is 9.65. The van der Waals surface area contributed by atoms with Gasteiger partial charge in [0.15, 0.2) is 5.11 Å². The number of fused-ring (bicyclic) bond motifs is 2. The molecule has 1 aliphatic heterocycles. The lowest BCUT2D eigenvalue weighted by molar-refractivity contribution is 0.132. The summed E-state index contributed by atoms with van der Waals surface area (Å²) in [6, 6.07) is 8.30. The molecule has 21 heavy (non-hydrogen) atoms. The van der Waals surface area contributed by atoms with Crippen LogP contribution in [0.25, 0.3) is 0 Å². The van der Waals surface area contributed by atoms with Gasteiger partial charge in [0, 0.05) is 23.3 Å². The first kappa shape index (κ1) is 15.1. The van der Waals surface area contributed by atoms with Gasteiger partial charge >= 0.3 is 0 Å². The molecule has 0 spiro atoms. The zero-order valence-corrected chi connectivity index (χ0v) is 14.5. The Morgan fingerprint density at radius 1 is 1.24 bits per heavy atom. The predicted molar refractivity (Wildman–Crippen MR) is 93.9 cm³/mol. The van der Waals surface area contributed by atoms with E-state index in [-0.39, 0.29) is 0 Å². The fraction of sp³-hybridized carbons (Fsp3) is 0.588. The van der Waals surface area contributed by atoms with Crippen molar-refractivity contribution in [2.45, 2.75) is 46.1 Å². The summed E-state index contributed by atoms with van der Waals surface area (Å²) in [4.78, 5) is 2.40. The number of nitrogens with one attached hydrogen (secondary N) is 1. The van der Waals surface area contributed by atoms with E-state index in [9.17, 15) is 0 Å². The first-order valence-corrected chi connectivity index (χ1v) is 8.38. The van der Waals surface area contributed by atoms with E-state index in [1.54, 1.807) is 0 Å². The van der Waals surface area contributed by atoms with Gasteiger partial charge in [0.25, 0.3) is 0 Å². The van der Waals surface area contributed by atoms with Crippen LogP contribution >= 0.6 is 23.8 Å². The fourth-order valence-electron chi connectivity index (χ4n) is 4.43. The third-order valence-corrected chi connectivity index (χ3v) is 5.36. The van der Waals surface area contributed by atoms with Crippen LogP contribution in [0.2, 0.25) is 5.02 Å². The summed E-state index contributed by atoms with van der Waals surface area (Å²) in [5, 5.41) is 4.97. The Balaban J connectivity index is 1.73. The van der Waals surface area contributed by atoms with Gasteiger partial charge in [-0.15, -0.1) is 0 Å². The molecule has 2 fully saturated rings. The highest BCUT2D eigenvalue weighted by Crippen LogP contribution is 2.52. The zero-order chi connectivity index (χ0) is 15.3. The molecule has 1 aromatic carbocycles. The van der Waals surface area contributed by atoms with Crippen LogP contribution in [0.15, 0.2) is 24.3 Å². The minimum Gasteiger partial charge on any atom is -0.345 e. The van der Waals surface area contributed by atoms with Gasteiger partial charge in [0.1, 0.15) is 0 Å². The molecule has 0 radical (unpaired) electrons. The predicted octanol–water partition coefficient (Wildman–Crippen LogP) is 4.94. The highest BCUT2D eigenvalue weighted by molar-refractivity contribution is 7.80. The van der Waals surface area contributed by atoms with Crippen LogP contribution in [0.3, 0.4) is 0 Å². The third-order valence-electron chi connectivity index (χ3n) is 4.77. The maximum Gasteiger partial charge on any atom is 0.173 e. The standard InChI is InChI=1S/C17H23ClN2S/c1-16(2)8-14-9-17(3,10-16)11-20(14)15(21)19-13-6-4-12(18)5-7-13/h4-7,14H,8-11H2,1-3H3,(H,19,21). The average molecular weight is 323 g/mol. The number of halogens is 1. The summed E-state index contributed by atoms with van der Waals surface area (Å²) in [5.41, 5.74) is 1.83. The van der Waals surface area contributed by atoms with E-state index in [4.69, 9.17) is 23.8 Å². The average Bonchev–Trinajstić information content (AvgIpc) is 2.61. The fourth-order valence-corrected chi connectivity index (χ4v) is 4.88. The Bertz CT molecular complexity index is 554. The smallest absolute Gasteiger partial charge is 0.173 e. The second-order valence-electron chi connectivity index (χ2n) is 7.78. The summed E-state index contributed by atoms with van der Waals surface area (Å²) in [6.07, 6.45) is 3.78. The van der Waals surface area contributed by atoms with Crippen LogP contribution in [0.1, 0.15) is 40.0 Å². The van der Waals surface area contributed by atoms with Gasteiger partial charge < -0.3 is 10.2 Å². The van der Waals surface area contributed by atoms with Crippen LogP contribution < -0.4 is 5.32 Å². The molecular weight excluding hydrogens is 300 g/mol. The van der Waals surface area contributed by atoms with E-state index in [1.807, 2.05) is 24.3 Å². The van der Waals surface area contributed by atoms with E-state index < -0.39 is 0 Å². The monoisotopic (exact) mass is 322 g/mol. The topological polar surface area (TPSA) is 15.3 Å². The molecule has 4 heteroatoms. The first-order valence-electron chi connectivity index (χ1n) is 7.60. The Morgan fingerprint density at radius 2 is 1.90 bits per heavy atom. The number of anilines is 1. The quantitative estimate of drug-likeness (QED) is 0.737. The highest BCUT2D eigenvalue weighted by atomic mass is 35.5. The molecule has 3 rings (SSSR count). The van der Waals surface area contributed by atoms with Crippen LogP contribution in [-0.2, 0) is 0 Å². The van der Waals surface area contributed by atoms with Crippen molar-refractivity contribution in [1.82, 2.24) is 4.90 Å². The summed E-state index contributed by atoms with van der Waals surface area (Å²) in [5.74, 6) is 0. The van der Waals surface area contributed by atoms with Crippen molar-refractivity contribution >= 4 is 34.6 Å². The van der Waals surface area contributed by atoms with Crippen molar-refractivity contribution < 1.29 is 0 Å². The number of likely N-dealkylation sites (tertiary alicyclic amines) is 1. The normalized spacial score (nSPS) is 30.3. The molecule has 114 valence electrons. The van der Waals surface area contributed by atoms with E-state index in [2.05, 4.69) is 31.0 Å². The molecule has 0 amide bonds. The maximum absolute atomic E-state index is 5.93. The SMILES string of the molecule is CC1(C)CC2CC(C)(CN2C(=S)Nc2ccc(Cl)cc2)C1. The highest BCUT2D eigenvalue weighted by Gasteiger charge is 2.50. The van der Waals surface area contributed by atoms with Gasteiger partial charge in [0.05, 0.1) is 0 Å². The molecule has 1 saturated carbocycles. The lowest BCUT2D eigenvalue weighted by Gasteiger charge is -2.39. The molecule has 2 unspecified atom stereocenters. The largest absolute Gasteiger partial charge is 0.345 e. The van der Waals surface area contributed by atoms with Crippen LogP contribution in [0.4, 0.5) is 5.69 Å². The van der Waals surface area contributed by atoms with Crippen molar-refractivity contribution in [1.29, 1.82) is 0 Å². The molecule has 2 atom stereocenters. The number of rotatable bonds is 1. The van der Waals surface area contributed by atoms with Gasteiger partial charge in [-0.05, 0) is 66.6 Å². The molecule has 1 heterocycles. The Morgan fingerprint density at radius 3 is 2.57 bits per heavy atom. The second-order valence-corrected chi connectivity index (χ2v) is 8.60. The molecule has 1 aromatic rings. The molecule has 1 N–H and O–H groups in total. The van der Waals surface area contributed by atoms with Crippen molar-refractivity contribution in [3.63, 3.8) is 0 Å². The third kappa shape index (κ3) is 3.19. The van der Waals surface area contributed by atoms with E-state index in [1.165, 1.54) is 19.3 Å². The first-order chi connectivity index (χ1) is 9.76. The molecule has 1 aliphatic carbocycles. The van der Waals surface area contributed by atoms with Gasteiger partial charge in [-0.1, -0.05) is 32.4 Å². The number of benzene rings is 1. The van der Waals surface area contributed by atoms with E-state index in [0.717, 1.165) is 22.4 Å². The Labute approximate surface area is 137 Å². The van der Waals surface area contributed by atoms with E-state index in [0.29, 0.717) is 16.9 Å². The lowest BCUT2D eigenvalue weighted by Crippen LogP contribution is -2.39. The maximum atomic E-state index is 5.93. The van der Waals surface area contributed by atoms with Gasteiger partial charge in [-0.3, -0.25) is 0 Å². The summed E-state index contributed by atoms with van der Waals surface area (Å²) >= 11 is 11.6. The van der Waals surface area contributed by atoms with E-state index >= 15 is 0 Å². The van der Waals surface area contributed by atoms with Crippen molar-refractivity contribution in [3.05, 3.63) is 29.3 Å². The van der Waals surface area contributed by atoms with Crippen LogP contribution in [-0.4, -0.2) is 22.6 Å². The Kier molecular flexibility index (Phi) is 3.69. The number of hydrogen-bond donors (Lipinski definition) is 1. The molecule has 2 aliphatic rings. The van der Waals surface area contributed by atoms with Gasteiger partial charge in [0.2, 0.25) is 0 Å². The van der Waals surface area contributed by atoms with Crippen LogP contribution in [0, 0.1) is 10.8 Å². The second kappa shape index (κ2) is 5.13. The van der Waals surface area contributed by atoms with Crippen molar-refractivity contribution in [2.75, 3.05) is 11.9 Å². The van der Waals surface area contributed by atoms with Gasteiger partial charge in [-0.2, -0.15) is 0 Å². The van der Waals surface area contributed by atoms with Crippen molar-refractivity contribution in [2.24, 2.45) is 10.8 Å². The molecule has 0 aromatic heterocycles. The van der Waals surface area contributed by atoms with Crippen LogP contribution in [0.5, 0.6) is 0 Å². The van der Waals surface area contributed by atoms with Gasteiger partial charge in [-0.25, -0.2) is 0 Å². The molecule has 2 nitrogen and oxygen atoms in total. The summed E-state index contributed by atoms with van der Waals surface area (Å²) in [7, 11) is 0. The summed E-state index contributed by atoms with van der Waals surface area (Å²) < 4.78 is 0. The van der Waals surface area contributed by atoms with Crippen molar-refractivity contribution in [3.8, 4) is 0 Å². The molecule has 2 bridgehead atoms. The minimum absolute atomic E-state index is 0.401. The molecular formula is C17H23ClN2S. The summed E-state index contributed by atoms with van der Waals surface area (Å²) in [6.45, 7) is 8.25. The minimum atomic E-state index is 0.401. The number of hydrogen-bond acceptors (Lipinski definition) is 1. The zero-order valence-electron chi connectivity index (χ0n) is 12.9.